The lowest BCUT2D eigenvalue weighted by Crippen LogP contribution is -2.43. The van der Waals surface area contributed by atoms with Crippen LogP contribution in [0.2, 0.25) is 0 Å². The Morgan fingerprint density at radius 2 is 1.86 bits per heavy atom. The van der Waals surface area contributed by atoms with Gasteiger partial charge in [0, 0.05) is 46.5 Å². The number of para-hydroxylation sites is 2. The molecule has 5 heteroatoms. The van der Waals surface area contributed by atoms with Crippen LogP contribution in [-0.4, -0.2) is 59.7 Å². The number of benzene rings is 1. The van der Waals surface area contributed by atoms with E-state index in [-0.39, 0.29) is 0 Å². The molecule has 1 saturated heterocycles. The van der Waals surface area contributed by atoms with Crippen molar-refractivity contribution >= 4 is 5.69 Å². The largest absolute Gasteiger partial charge is 0.489 e. The van der Waals surface area contributed by atoms with Crippen molar-refractivity contribution in [2.24, 2.45) is 0 Å². The Hall–Kier alpha value is -1.30. The van der Waals surface area contributed by atoms with Crippen LogP contribution in [0.4, 0.5) is 5.69 Å². The molecule has 0 unspecified atom stereocenters. The van der Waals surface area contributed by atoms with Gasteiger partial charge in [-0.25, -0.2) is 0 Å². The fraction of sp³-hybridized carbons (Fsp3) is 0.625. The van der Waals surface area contributed by atoms with Crippen LogP contribution < -0.4 is 15.0 Å². The van der Waals surface area contributed by atoms with Gasteiger partial charge in [-0.15, -0.1) is 0 Å². The number of anilines is 1. The van der Waals surface area contributed by atoms with Gasteiger partial charge in [-0.3, -0.25) is 0 Å². The number of rotatable bonds is 9. The van der Waals surface area contributed by atoms with Crippen LogP contribution in [0.1, 0.15) is 6.42 Å². The van der Waals surface area contributed by atoms with Crippen molar-refractivity contribution in [3.05, 3.63) is 24.3 Å². The van der Waals surface area contributed by atoms with E-state index in [9.17, 15) is 0 Å². The van der Waals surface area contributed by atoms with Crippen LogP contribution >= 0.6 is 0 Å². The molecule has 5 nitrogen and oxygen atoms in total. The summed E-state index contributed by atoms with van der Waals surface area (Å²) in [6, 6.07) is 8.23. The molecule has 0 aromatic heterocycles. The molecule has 1 heterocycles. The van der Waals surface area contributed by atoms with E-state index in [4.69, 9.17) is 14.2 Å². The average molecular weight is 294 g/mol. The molecular weight excluding hydrogens is 268 g/mol. The summed E-state index contributed by atoms with van der Waals surface area (Å²) in [7, 11) is 1.70. The van der Waals surface area contributed by atoms with E-state index in [0.29, 0.717) is 13.2 Å². The number of hydrogen-bond acceptors (Lipinski definition) is 5. The average Bonchev–Trinajstić information content (AvgIpc) is 2.55. The number of nitrogens with one attached hydrogen (secondary N) is 1. The SMILES string of the molecule is COCCCOCCOc1ccccc1N1CCNCC1. The Morgan fingerprint density at radius 3 is 2.67 bits per heavy atom. The number of hydrogen-bond donors (Lipinski definition) is 1. The van der Waals surface area contributed by atoms with Gasteiger partial charge in [0.25, 0.3) is 0 Å². The first-order chi connectivity index (χ1) is 10.4. The van der Waals surface area contributed by atoms with E-state index in [1.165, 1.54) is 5.69 Å². The van der Waals surface area contributed by atoms with Gasteiger partial charge in [-0.1, -0.05) is 12.1 Å². The van der Waals surface area contributed by atoms with Gasteiger partial charge in [0.2, 0.25) is 0 Å². The number of methoxy groups -OCH3 is 1. The van der Waals surface area contributed by atoms with E-state index in [1.807, 2.05) is 12.1 Å². The van der Waals surface area contributed by atoms with Crippen molar-refractivity contribution in [2.45, 2.75) is 6.42 Å². The molecule has 0 bridgehead atoms. The zero-order chi connectivity index (χ0) is 14.8. The molecule has 0 aliphatic carbocycles. The molecule has 0 radical (unpaired) electrons. The highest BCUT2D eigenvalue weighted by Gasteiger charge is 2.14. The molecule has 1 N–H and O–H groups in total. The molecule has 1 fully saturated rings. The van der Waals surface area contributed by atoms with E-state index >= 15 is 0 Å². The summed E-state index contributed by atoms with van der Waals surface area (Å²) >= 11 is 0. The Bertz CT molecular complexity index is 395. The minimum Gasteiger partial charge on any atom is -0.489 e. The predicted octanol–water partition coefficient (Wildman–Crippen LogP) is 1.53. The zero-order valence-corrected chi connectivity index (χ0v) is 12.8. The molecule has 21 heavy (non-hydrogen) atoms. The minimum atomic E-state index is 0.579. The third kappa shape index (κ3) is 5.53. The van der Waals surface area contributed by atoms with E-state index < -0.39 is 0 Å². The molecule has 1 aliphatic rings. The summed E-state index contributed by atoms with van der Waals surface area (Å²) in [5.74, 6) is 0.944. The first-order valence-corrected chi connectivity index (χ1v) is 7.66. The quantitative estimate of drug-likeness (QED) is 0.700. The van der Waals surface area contributed by atoms with Gasteiger partial charge in [-0.05, 0) is 18.6 Å². The van der Waals surface area contributed by atoms with Crippen molar-refractivity contribution in [3.8, 4) is 5.75 Å². The second-order valence-electron chi connectivity index (χ2n) is 5.01. The Labute approximate surface area is 127 Å². The second kappa shape index (κ2) is 9.60. The highest BCUT2D eigenvalue weighted by molar-refractivity contribution is 5.58. The zero-order valence-electron chi connectivity index (χ0n) is 12.8. The van der Waals surface area contributed by atoms with Crippen molar-refractivity contribution in [1.82, 2.24) is 5.32 Å². The first kappa shape index (κ1) is 16.1. The lowest BCUT2D eigenvalue weighted by Gasteiger charge is -2.30. The van der Waals surface area contributed by atoms with Crippen LogP contribution in [0.5, 0.6) is 5.75 Å². The van der Waals surface area contributed by atoms with Gasteiger partial charge >= 0.3 is 0 Å². The van der Waals surface area contributed by atoms with Gasteiger partial charge in [-0.2, -0.15) is 0 Å². The van der Waals surface area contributed by atoms with E-state index in [1.54, 1.807) is 7.11 Å². The number of nitrogens with zero attached hydrogens (tertiary/aromatic N) is 1. The smallest absolute Gasteiger partial charge is 0.142 e. The molecular formula is C16H26N2O3. The van der Waals surface area contributed by atoms with Crippen LogP contribution in [0.15, 0.2) is 24.3 Å². The minimum absolute atomic E-state index is 0.579. The van der Waals surface area contributed by atoms with Crippen LogP contribution in [-0.2, 0) is 9.47 Å². The highest BCUT2D eigenvalue weighted by atomic mass is 16.5. The summed E-state index contributed by atoms with van der Waals surface area (Å²) in [5.41, 5.74) is 1.18. The van der Waals surface area contributed by atoms with Gasteiger partial charge in [0.15, 0.2) is 0 Å². The van der Waals surface area contributed by atoms with Gasteiger partial charge < -0.3 is 24.4 Å². The third-order valence-corrected chi connectivity index (χ3v) is 3.45. The van der Waals surface area contributed by atoms with Crippen molar-refractivity contribution in [3.63, 3.8) is 0 Å². The second-order valence-corrected chi connectivity index (χ2v) is 5.01. The maximum absolute atomic E-state index is 5.88. The fourth-order valence-corrected chi connectivity index (χ4v) is 2.36. The fourth-order valence-electron chi connectivity index (χ4n) is 2.36. The maximum atomic E-state index is 5.88. The van der Waals surface area contributed by atoms with Crippen LogP contribution in [0.25, 0.3) is 0 Å². The summed E-state index contributed by atoms with van der Waals surface area (Å²) in [5, 5.41) is 3.37. The van der Waals surface area contributed by atoms with Crippen molar-refractivity contribution < 1.29 is 14.2 Å². The summed E-state index contributed by atoms with van der Waals surface area (Å²) in [4.78, 5) is 2.37. The third-order valence-electron chi connectivity index (χ3n) is 3.45. The Balaban J connectivity index is 1.74. The molecule has 1 aromatic carbocycles. The summed E-state index contributed by atoms with van der Waals surface area (Å²) < 4.78 is 16.4. The molecule has 0 amide bonds. The summed E-state index contributed by atoms with van der Waals surface area (Å²) in [6.45, 7) is 6.74. The van der Waals surface area contributed by atoms with E-state index in [0.717, 1.165) is 51.6 Å². The van der Waals surface area contributed by atoms with Gasteiger partial charge in [0.05, 0.1) is 12.3 Å². The molecule has 118 valence electrons. The van der Waals surface area contributed by atoms with Crippen molar-refractivity contribution in [2.75, 3.05) is 64.6 Å². The normalized spacial score (nSPS) is 15.2. The van der Waals surface area contributed by atoms with Crippen LogP contribution in [0.3, 0.4) is 0 Å². The Morgan fingerprint density at radius 1 is 1.05 bits per heavy atom. The monoisotopic (exact) mass is 294 g/mol. The highest BCUT2D eigenvalue weighted by Crippen LogP contribution is 2.28. The molecule has 2 rings (SSSR count). The predicted molar refractivity (Wildman–Crippen MR) is 84.3 cm³/mol. The molecule has 0 atom stereocenters. The molecule has 1 aromatic rings. The standard InChI is InChI=1S/C16H26N2O3/c1-19-11-4-12-20-13-14-21-16-6-3-2-5-15(16)18-9-7-17-8-10-18/h2-3,5-6,17H,4,7-14H2,1H3. The van der Waals surface area contributed by atoms with E-state index in [2.05, 4.69) is 22.3 Å². The van der Waals surface area contributed by atoms with Crippen molar-refractivity contribution in [1.29, 1.82) is 0 Å². The number of piperazine rings is 1. The molecule has 0 saturated carbocycles. The molecule has 1 aliphatic heterocycles. The lowest BCUT2D eigenvalue weighted by molar-refractivity contribution is 0.0807. The van der Waals surface area contributed by atoms with Gasteiger partial charge in [0.1, 0.15) is 12.4 Å². The number of ether oxygens (including phenoxy) is 3. The first-order valence-electron chi connectivity index (χ1n) is 7.66. The maximum Gasteiger partial charge on any atom is 0.142 e. The summed E-state index contributed by atoms with van der Waals surface area (Å²) in [6.07, 6.45) is 0.924. The lowest BCUT2D eigenvalue weighted by atomic mass is 10.2. The Kier molecular flexibility index (Phi) is 7.35. The topological polar surface area (TPSA) is 43.0 Å². The van der Waals surface area contributed by atoms with Crippen LogP contribution in [0, 0.1) is 0 Å². The molecule has 0 spiro atoms.